The average molecular weight is 247 g/mol. The molecule has 0 aliphatic heterocycles. The number of ether oxygens (including phenoxy) is 1. The minimum absolute atomic E-state index is 0.0732. The lowest BCUT2D eigenvalue weighted by molar-refractivity contribution is 0.278. The van der Waals surface area contributed by atoms with Gasteiger partial charge < -0.3 is 14.9 Å². The maximum Gasteiger partial charge on any atom is 0.175 e. The van der Waals surface area contributed by atoms with E-state index >= 15 is 0 Å². The molecule has 0 saturated heterocycles. The van der Waals surface area contributed by atoms with Crippen molar-refractivity contribution in [1.29, 1.82) is 0 Å². The fourth-order valence-electron chi connectivity index (χ4n) is 1.17. The molecule has 1 aromatic carbocycles. The summed E-state index contributed by atoms with van der Waals surface area (Å²) in [5.41, 5.74) is 1.56. The third-order valence-electron chi connectivity index (χ3n) is 1.89. The molecule has 4 heteroatoms. The molecule has 13 heavy (non-hydrogen) atoms. The van der Waals surface area contributed by atoms with Crippen molar-refractivity contribution in [1.82, 2.24) is 0 Å². The number of phenolic OH excluding ortho intramolecular Hbond substituents is 1. The van der Waals surface area contributed by atoms with Gasteiger partial charge in [0.1, 0.15) is 0 Å². The number of aliphatic hydroxyl groups is 1. The molecule has 0 amide bonds. The van der Waals surface area contributed by atoms with E-state index in [4.69, 9.17) is 9.84 Å². The molecule has 0 heterocycles. The SMILES string of the molecule is COc1c(O)cc(C)c(CO)c1Br. The summed E-state index contributed by atoms with van der Waals surface area (Å²) in [5, 5.41) is 18.5. The van der Waals surface area contributed by atoms with E-state index in [-0.39, 0.29) is 12.4 Å². The highest BCUT2D eigenvalue weighted by molar-refractivity contribution is 9.10. The van der Waals surface area contributed by atoms with Gasteiger partial charge in [-0.1, -0.05) is 0 Å². The van der Waals surface area contributed by atoms with Gasteiger partial charge in [0.05, 0.1) is 18.2 Å². The van der Waals surface area contributed by atoms with E-state index in [1.165, 1.54) is 7.11 Å². The molecule has 0 bridgehead atoms. The number of aliphatic hydroxyl groups excluding tert-OH is 1. The molecule has 0 unspecified atom stereocenters. The highest BCUT2D eigenvalue weighted by atomic mass is 79.9. The van der Waals surface area contributed by atoms with Crippen LogP contribution < -0.4 is 4.74 Å². The Labute approximate surface area is 85.1 Å². The molecule has 0 spiro atoms. The van der Waals surface area contributed by atoms with Gasteiger partial charge >= 0.3 is 0 Å². The van der Waals surface area contributed by atoms with Crippen molar-refractivity contribution in [3.63, 3.8) is 0 Å². The van der Waals surface area contributed by atoms with Crippen LogP contribution in [0.4, 0.5) is 0 Å². The van der Waals surface area contributed by atoms with Crippen LogP contribution in [0.5, 0.6) is 11.5 Å². The molecular weight excluding hydrogens is 236 g/mol. The Balaban J connectivity index is 3.39. The first kappa shape index (κ1) is 10.3. The topological polar surface area (TPSA) is 49.7 Å². The smallest absolute Gasteiger partial charge is 0.175 e. The van der Waals surface area contributed by atoms with Crippen LogP contribution in [-0.2, 0) is 6.61 Å². The molecular formula is C9H11BrO3. The van der Waals surface area contributed by atoms with Gasteiger partial charge in [-0.3, -0.25) is 0 Å². The lowest BCUT2D eigenvalue weighted by Gasteiger charge is -2.11. The predicted octanol–water partition coefficient (Wildman–Crippen LogP) is 1.96. The Kier molecular flexibility index (Phi) is 3.17. The van der Waals surface area contributed by atoms with E-state index in [2.05, 4.69) is 15.9 Å². The summed E-state index contributed by atoms with van der Waals surface area (Å²) in [4.78, 5) is 0. The van der Waals surface area contributed by atoms with Gasteiger partial charge in [0.2, 0.25) is 0 Å². The third kappa shape index (κ3) is 1.78. The fourth-order valence-corrected chi connectivity index (χ4v) is 1.97. The maximum absolute atomic E-state index is 9.46. The number of aryl methyl sites for hydroxylation is 1. The molecule has 0 aliphatic rings. The Morgan fingerprint density at radius 2 is 2.15 bits per heavy atom. The minimum atomic E-state index is -0.0803. The van der Waals surface area contributed by atoms with Gasteiger partial charge in [0, 0.05) is 0 Å². The Hall–Kier alpha value is -0.740. The van der Waals surface area contributed by atoms with E-state index in [0.717, 1.165) is 11.1 Å². The first-order valence-corrected chi connectivity index (χ1v) is 4.57. The molecule has 0 saturated carbocycles. The molecule has 2 N–H and O–H groups in total. The number of halogens is 1. The molecule has 0 aromatic heterocycles. The second kappa shape index (κ2) is 3.98. The molecule has 0 atom stereocenters. The Morgan fingerprint density at radius 3 is 2.62 bits per heavy atom. The van der Waals surface area contributed by atoms with Gasteiger partial charge in [-0.25, -0.2) is 0 Å². The summed E-state index contributed by atoms with van der Waals surface area (Å²) in [6.07, 6.45) is 0. The molecule has 1 rings (SSSR count). The highest BCUT2D eigenvalue weighted by Gasteiger charge is 2.13. The summed E-state index contributed by atoms with van der Waals surface area (Å²) < 4.78 is 5.57. The second-order valence-electron chi connectivity index (χ2n) is 2.70. The number of methoxy groups -OCH3 is 1. The van der Waals surface area contributed by atoms with Crippen LogP contribution >= 0.6 is 15.9 Å². The lowest BCUT2D eigenvalue weighted by atomic mass is 10.1. The van der Waals surface area contributed by atoms with Crippen molar-refractivity contribution in [2.45, 2.75) is 13.5 Å². The summed E-state index contributed by atoms with van der Waals surface area (Å²) >= 11 is 3.26. The van der Waals surface area contributed by atoms with Crippen molar-refractivity contribution in [3.05, 3.63) is 21.7 Å². The zero-order valence-corrected chi connectivity index (χ0v) is 9.05. The maximum atomic E-state index is 9.46. The van der Waals surface area contributed by atoms with Crippen LogP contribution in [0.15, 0.2) is 10.5 Å². The number of hydrogen-bond acceptors (Lipinski definition) is 3. The van der Waals surface area contributed by atoms with E-state index in [0.29, 0.717) is 10.2 Å². The van der Waals surface area contributed by atoms with Crippen LogP contribution in [0.25, 0.3) is 0 Å². The first-order valence-electron chi connectivity index (χ1n) is 3.77. The van der Waals surface area contributed by atoms with Crippen LogP contribution in [-0.4, -0.2) is 17.3 Å². The molecule has 72 valence electrons. The number of aromatic hydroxyl groups is 1. The summed E-state index contributed by atoms with van der Waals surface area (Å²) in [6, 6.07) is 1.56. The third-order valence-corrected chi connectivity index (χ3v) is 2.73. The van der Waals surface area contributed by atoms with Crippen LogP contribution in [0.2, 0.25) is 0 Å². The van der Waals surface area contributed by atoms with Crippen molar-refractivity contribution in [2.75, 3.05) is 7.11 Å². The van der Waals surface area contributed by atoms with E-state index in [9.17, 15) is 5.11 Å². The van der Waals surface area contributed by atoms with Gasteiger partial charge in [0.15, 0.2) is 11.5 Å². The average Bonchev–Trinajstić information content (AvgIpc) is 2.04. The Morgan fingerprint density at radius 1 is 1.54 bits per heavy atom. The van der Waals surface area contributed by atoms with E-state index < -0.39 is 0 Å². The highest BCUT2D eigenvalue weighted by Crippen LogP contribution is 2.38. The molecule has 0 radical (unpaired) electrons. The fraction of sp³-hybridized carbons (Fsp3) is 0.333. The predicted molar refractivity (Wildman–Crippen MR) is 53.0 cm³/mol. The standard InChI is InChI=1S/C9H11BrO3/c1-5-3-7(12)9(13-2)8(10)6(5)4-11/h3,11-12H,4H2,1-2H3. The van der Waals surface area contributed by atoms with Gasteiger partial charge in [-0.05, 0) is 40.0 Å². The summed E-state index contributed by atoms with van der Waals surface area (Å²) in [6.45, 7) is 1.73. The van der Waals surface area contributed by atoms with Crippen LogP contribution in [0.3, 0.4) is 0 Å². The van der Waals surface area contributed by atoms with Crippen molar-refractivity contribution < 1.29 is 14.9 Å². The Bertz CT molecular complexity index is 295. The number of hydrogen-bond donors (Lipinski definition) is 2. The van der Waals surface area contributed by atoms with Crippen molar-refractivity contribution >= 4 is 15.9 Å². The van der Waals surface area contributed by atoms with Gasteiger partial charge in [-0.15, -0.1) is 0 Å². The minimum Gasteiger partial charge on any atom is -0.504 e. The molecule has 0 fully saturated rings. The quantitative estimate of drug-likeness (QED) is 0.839. The number of benzene rings is 1. The second-order valence-corrected chi connectivity index (χ2v) is 3.49. The zero-order valence-electron chi connectivity index (χ0n) is 7.47. The molecule has 3 nitrogen and oxygen atoms in total. The summed E-state index contributed by atoms with van der Waals surface area (Å²) in [7, 11) is 1.47. The monoisotopic (exact) mass is 246 g/mol. The number of phenols is 1. The molecule has 0 aliphatic carbocycles. The lowest BCUT2D eigenvalue weighted by Crippen LogP contribution is -1.94. The normalized spacial score (nSPS) is 10.2. The van der Waals surface area contributed by atoms with Gasteiger partial charge in [-0.2, -0.15) is 0 Å². The van der Waals surface area contributed by atoms with E-state index in [1.54, 1.807) is 6.07 Å². The largest absolute Gasteiger partial charge is 0.504 e. The van der Waals surface area contributed by atoms with Crippen molar-refractivity contribution in [3.8, 4) is 11.5 Å². The zero-order chi connectivity index (χ0) is 10.0. The van der Waals surface area contributed by atoms with Crippen LogP contribution in [0, 0.1) is 6.92 Å². The van der Waals surface area contributed by atoms with Gasteiger partial charge in [0.25, 0.3) is 0 Å². The van der Waals surface area contributed by atoms with Crippen LogP contribution in [0.1, 0.15) is 11.1 Å². The first-order chi connectivity index (χ1) is 6.11. The molecule has 1 aromatic rings. The van der Waals surface area contributed by atoms with Crippen molar-refractivity contribution in [2.24, 2.45) is 0 Å². The number of rotatable bonds is 2. The van der Waals surface area contributed by atoms with E-state index in [1.807, 2.05) is 6.92 Å². The summed E-state index contributed by atoms with van der Waals surface area (Å²) in [5.74, 6) is 0.429.